The molecule has 0 bridgehead atoms. The van der Waals surface area contributed by atoms with Gasteiger partial charge in [0.05, 0.1) is 12.1 Å². The Labute approximate surface area is 201 Å². The fourth-order valence-electron chi connectivity index (χ4n) is 5.23. The van der Waals surface area contributed by atoms with E-state index < -0.39 is 0 Å². The van der Waals surface area contributed by atoms with E-state index in [-0.39, 0.29) is 18.2 Å². The third kappa shape index (κ3) is 5.39. The number of nitrogens with one attached hydrogen (secondary N) is 1. The second-order valence-corrected chi connectivity index (χ2v) is 9.77. The summed E-state index contributed by atoms with van der Waals surface area (Å²) < 4.78 is 2.04. The third-order valence-electron chi connectivity index (χ3n) is 7.25. The molecule has 1 aromatic carbocycles. The number of H-pyrrole nitrogens is 1. The van der Waals surface area contributed by atoms with Crippen LogP contribution in [0, 0.1) is 13.8 Å². The molecule has 1 aliphatic rings. The number of aromatic amines is 1. The molecule has 1 aliphatic carbocycles. The van der Waals surface area contributed by atoms with E-state index in [0.29, 0.717) is 25.6 Å². The molecule has 1 saturated carbocycles. The summed E-state index contributed by atoms with van der Waals surface area (Å²) in [5.41, 5.74) is 3.90. The number of aromatic nitrogens is 5. The Morgan fingerprint density at radius 1 is 1.18 bits per heavy atom. The van der Waals surface area contributed by atoms with Crippen molar-refractivity contribution in [2.45, 2.75) is 90.8 Å². The first-order valence-electron chi connectivity index (χ1n) is 12.8. The monoisotopic (exact) mass is 466 g/mol. The predicted octanol–water partition coefficient (Wildman–Crippen LogP) is 4.36. The molecule has 2 heterocycles. The van der Waals surface area contributed by atoms with E-state index in [1.54, 1.807) is 0 Å². The van der Waals surface area contributed by atoms with Crippen molar-refractivity contribution < 1.29 is 5.11 Å². The summed E-state index contributed by atoms with van der Waals surface area (Å²) in [6, 6.07) is 6.52. The van der Waals surface area contributed by atoms with Crippen LogP contribution in [0.25, 0.3) is 10.9 Å². The summed E-state index contributed by atoms with van der Waals surface area (Å²) in [7, 11) is 0. The lowest BCUT2D eigenvalue weighted by atomic mass is 9.95. The average molecular weight is 467 g/mol. The molecular weight excluding hydrogens is 428 g/mol. The van der Waals surface area contributed by atoms with Gasteiger partial charge < -0.3 is 10.1 Å². The van der Waals surface area contributed by atoms with Crippen molar-refractivity contribution in [1.29, 1.82) is 0 Å². The van der Waals surface area contributed by atoms with Crippen LogP contribution in [0.1, 0.15) is 92.9 Å². The van der Waals surface area contributed by atoms with E-state index >= 15 is 0 Å². The summed E-state index contributed by atoms with van der Waals surface area (Å²) in [5.74, 6) is 0.885. The van der Waals surface area contributed by atoms with Gasteiger partial charge in [-0.3, -0.25) is 9.69 Å². The summed E-state index contributed by atoms with van der Waals surface area (Å²) in [6.07, 6.45) is 8.41. The largest absolute Gasteiger partial charge is 0.396 e. The maximum atomic E-state index is 13.0. The Morgan fingerprint density at radius 2 is 1.94 bits per heavy atom. The smallest absolute Gasteiger partial charge is 0.252 e. The summed E-state index contributed by atoms with van der Waals surface area (Å²) in [6.45, 7) is 7.58. The van der Waals surface area contributed by atoms with Crippen molar-refractivity contribution in [1.82, 2.24) is 30.1 Å². The number of tetrazole rings is 1. The normalized spacial score (nSPS) is 15.9. The Hall–Kier alpha value is -2.58. The van der Waals surface area contributed by atoms with Gasteiger partial charge in [-0.25, -0.2) is 4.68 Å². The van der Waals surface area contributed by atoms with Gasteiger partial charge in [0.2, 0.25) is 0 Å². The van der Waals surface area contributed by atoms with Crippen molar-refractivity contribution >= 4 is 10.9 Å². The maximum absolute atomic E-state index is 13.0. The summed E-state index contributed by atoms with van der Waals surface area (Å²) in [5, 5.41) is 23.6. The molecule has 1 atom stereocenters. The lowest BCUT2D eigenvalue weighted by molar-refractivity contribution is 0.143. The average Bonchev–Trinajstić information content (AvgIpc) is 3.32. The van der Waals surface area contributed by atoms with Crippen molar-refractivity contribution in [3.8, 4) is 0 Å². The van der Waals surface area contributed by atoms with Gasteiger partial charge in [-0.05, 0) is 84.7 Å². The molecule has 4 rings (SSSR count). The zero-order valence-corrected chi connectivity index (χ0v) is 20.8. The second kappa shape index (κ2) is 11.2. The van der Waals surface area contributed by atoms with Crippen molar-refractivity contribution in [2.24, 2.45) is 0 Å². The van der Waals surface area contributed by atoms with E-state index in [4.69, 9.17) is 0 Å². The number of hydrogen-bond donors (Lipinski definition) is 2. The van der Waals surface area contributed by atoms with E-state index in [1.165, 1.54) is 24.8 Å². The van der Waals surface area contributed by atoms with Crippen LogP contribution in [0.5, 0.6) is 0 Å². The molecule has 34 heavy (non-hydrogen) atoms. The molecule has 0 unspecified atom stereocenters. The number of pyridine rings is 1. The highest BCUT2D eigenvalue weighted by Gasteiger charge is 2.29. The number of rotatable bonds is 10. The number of aryl methyl sites for hydroxylation is 2. The first kappa shape index (κ1) is 24.5. The van der Waals surface area contributed by atoms with Gasteiger partial charge in [0.15, 0.2) is 5.82 Å². The van der Waals surface area contributed by atoms with Crippen LogP contribution in [0.15, 0.2) is 23.0 Å². The van der Waals surface area contributed by atoms with Gasteiger partial charge in [0.25, 0.3) is 5.56 Å². The maximum Gasteiger partial charge on any atom is 0.252 e. The second-order valence-electron chi connectivity index (χ2n) is 9.77. The predicted molar refractivity (Wildman–Crippen MR) is 134 cm³/mol. The van der Waals surface area contributed by atoms with Crippen molar-refractivity contribution in [3.63, 3.8) is 0 Å². The molecule has 3 aromatic rings. The molecule has 0 aliphatic heterocycles. The third-order valence-corrected chi connectivity index (χ3v) is 7.25. The van der Waals surface area contributed by atoms with Gasteiger partial charge in [-0.15, -0.1) is 5.10 Å². The molecule has 8 nitrogen and oxygen atoms in total. The zero-order chi connectivity index (χ0) is 24.1. The Morgan fingerprint density at radius 3 is 2.68 bits per heavy atom. The van der Waals surface area contributed by atoms with Crippen LogP contribution in [0.2, 0.25) is 0 Å². The molecule has 2 aromatic heterocycles. The van der Waals surface area contributed by atoms with Crippen LogP contribution in [-0.4, -0.2) is 48.3 Å². The first-order chi connectivity index (χ1) is 16.5. The highest BCUT2D eigenvalue weighted by atomic mass is 16.3. The van der Waals surface area contributed by atoms with Crippen LogP contribution < -0.4 is 5.56 Å². The number of benzene rings is 1. The molecule has 0 radical (unpaired) electrons. The lowest BCUT2D eigenvalue weighted by Gasteiger charge is -2.32. The fourth-order valence-corrected chi connectivity index (χ4v) is 5.23. The SMILES string of the molecule is CCC[C@@H](c1nnnn1C1CCCCC1)N(CCCO)Cc1cc2cc(C)c(C)cc2[nH]c1=O. The molecule has 1 fully saturated rings. The molecule has 184 valence electrons. The number of nitrogens with zero attached hydrogens (tertiary/aromatic N) is 5. The van der Waals surface area contributed by atoms with Gasteiger partial charge in [-0.1, -0.05) is 32.6 Å². The summed E-state index contributed by atoms with van der Waals surface area (Å²) in [4.78, 5) is 18.4. The van der Waals surface area contributed by atoms with E-state index in [9.17, 15) is 9.90 Å². The molecule has 0 spiro atoms. The fraction of sp³-hybridized carbons (Fsp3) is 0.615. The van der Waals surface area contributed by atoms with Gasteiger partial charge in [-0.2, -0.15) is 0 Å². The first-order valence-corrected chi connectivity index (χ1v) is 12.8. The van der Waals surface area contributed by atoms with Crippen LogP contribution in [0.3, 0.4) is 0 Å². The van der Waals surface area contributed by atoms with Crippen LogP contribution in [-0.2, 0) is 6.54 Å². The molecular formula is C26H38N6O2. The minimum absolute atomic E-state index is 0.0108. The standard InChI is InChI=1S/C26H38N6O2/c1-4-9-24(25-28-29-30-32(25)22-10-6-5-7-11-22)31(12-8-13-33)17-21-16-20-14-18(2)19(3)15-23(20)27-26(21)34/h14-16,22,24,33H,4-13,17H2,1-3H3,(H,27,34)/t24-/m0/s1. The molecule has 8 heteroatoms. The Balaban J connectivity index is 1.69. The minimum Gasteiger partial charge on any atom is -0.396 e. The zero-order valence-electron chi connectivity index (χ0n) is 20.8. The van der Waals surface area contributed by atoms with Gasteiger partial charge in [0.1, 0.15) is 0 Å². The highest BCUT2D eigenvalue weighted by molar-refractivity contribution is 5.80. The molecule has 0 saturated heterocycles. The van der Waals surface area contributed by atoms with E-state index in [2.05, 4.69) is 52.2 Å². The number of aliphatic hydroxyl groups excluding tert-OH is 1. The lowest BCUT2D eigenvalue weighted by Crippen LogP contribution is -2.34. The van der Waals surface area contributed by atoms with Gasteiger partial charge >= 0.3 is 0 Å². The van der Waals surface area contributed by atoms with Crippen molar-refractivity contribution in [3.05, 3.63) is 51.1 Å². The Bertz CT molecular complexity index is 1150. The quantitative estimate of drug-likeness (QED) is 0.460. The van der Waals surface area contributed by atoms with Crippen molar-refractivity contribution in [2.75, 3.05) is 13.2 Å². The molecule has 2 N–H and O–H groups in total. The summed E-state index contributed by atoms with van der Waals surface area (Å²) >= 11 is 0. The topological polar surface area (TPSA) is 99.9 Å². The minimum atomic E-state index is -0.0631. The number of hydrogen-bond acceptors (Lipinski definition) is 6. The molecule has 0 amide bonds. The van der Waals surface area contributed by atoms with Crippen LogP contribution >= 0.6 is 0 Å². The number of aliphatic hydroxyl groups is 1. The number of fused-ring (bicyclic) bond motifs is 1. The van der Waals surface area contributed by atoms with Crippen LogP contribution in [0.4, 0.5) is 0 Å². The van der Waals surface area contributed by atoms with E-state index in [0.717, 1.165) is 53.5 Å². The Kier molecular flexibility index (Phi) is 8.11. The van der Waals surface area contributed by atoms with E-state index in [1.807, 2.05) is 16.8 Å². The van der Waals surface area contributed by atoms with Gasteiger partial charge in [0, 0.05) is 30.8 Å². The highest BCUT2D eigenvalue weighted by Crippen LogP contribution is 2.32.